The van der Waals surface area contributed by atoms with Crippen molar-refractivity contribution in [3.05, 3.63) is 53.1 Å². The summed E-state index contributed by atoms with van der Waals surface area (Å²) in [4.78, 5) is 16.4. The summed E-state index contributed by atoms with van der Waals surface area (Å²) in [5, 5.41) is 0. The van der Waals surface area contributed by atoms with Crippen LogP contribution in [0, 0.1) is 0 Å². The van der Waals surface area contributed by atoms with Crippen LogP contribution in [0.2, 0.25) is 0 Å². The fourth-order valence-corrected chi connectivity index (χ4v) is 4.16. The Morgan fingerprint density at radius 1 is 1.15 bits per heavy atom. The number of nitrogens with two attached hydrogens (primary N) is 1. The third-order valence-electron chi connectivity index (χ3n) is 5.82. The van der Waals surface area contributed by atoms with E-state index in [1.54, 1.807) is 0 Å². The highest BCUT2D eigenvalue weighted by Gasteiger charge is 2.30. The molecule has 1 heterocycles. The maximum atomic E-state index is 12.0. The van der Waals surface area contributed by atoms with Crippen LogP contribution in [0.25, 0.3) is 6.08 Å². The van der Waals surface area contributed by atoms with E-state index >= 15 is 0 Å². The summed E-state index contributed by atoms with van der Waals surface area (Å²) >= 11 is 0. The second kappa shape index (κ2) is 9.34. The van der Waals surface area contributed by atoms with E-state index in [9.17, 15) is 4.79 Å². The SMILES string of the molecule is CC1CN(C(=O)CN)C(C)CN1CCc1ccc2c(c1)C=CC/C=C\CC2. The molecular weight excluding hydrogens is 334 g/mol. The second-order valence-electron chi connectivity index (χ2n) is 7.87. The van der Waals surface area contributed by atoms with E-state index in [1.807, 2.05) is 4.90 Å². The van der Waals surface area contributed by atoms with E-state index < -0.39 is 0 Å². The number of carbonyl (C=O) groups excluding carboxylic acids is 1. The monoisotopic (exact) mass is 367 g/mol. The number of rotatable bonds is 4. The lowest BCUT2D eigenvalue weighted by molar-refractivity contribution is -0.135. The third-order valence-corrected chi connectivity index (χ3v) is 5.82. The van der Waals surface area contributed by atoms with Gasteiger partial charge < -0.3 is 10.6 Å². The fraction of sp³-hybridized carbons (Fsp3) is 0.522. The van der Waals surface area contributed by atoms with Gasteiger partial charge in [0.05, 0.1) is 6.54 Å². The smallest absolute Gasteiger partial charge is 0.236 e. The van der Waals surface area contributed by atoms with Crippen LogP contribution in [-0.4, -0.2) is 54.0 Å². The lowest BCUT2D eigenvalue weighted by Gasteiger charge is -2.44. The number of nitrogens with zero attached hydrogens (tertiary/aromatic N) is 2. The Hall–Kier alpha value is -1.91. The van der Waals surface area contributed by atoms with Crippen LogP contribution >= 0.6 is 0 Å². The molecule has 2 aliphatic rings. The van der Waals surface area contributed by atoms with Gasteiger partial charge in [0.25, 0.3) is 0 Å². The molecule has 1 fully saturated rings. The third kappa shape index (κ3) is 5.08. The van der Waals surface area contributed by atoms with Gasteiger partial charge in [-0.05, 0) is 56.2 Å². The maximum absolute atomic E-state index is 12.0. The highest BCUT2D eigenvalue weighted by molar-refractivity contribution is 5.78. The molecule has 1 aliphatic carbocycles. The quantitative estimate of drug-likeness (QED) is 0.832. The standard InChI is InChI=1S/C23H33N3O/c1-18-17-26(23(27)15-24)19(2)16-25(18)13-12-20-10-11-21-8-6-4-3-5-7-9-22(21)14-20/h3-4,7,9-11,14,18-19H,5-6,8,12-13,15-17,24H2,1-2H3/b4-3-,9-7?. The molecule has 2 unspecified atom stereocenters. The minimum absolute atomic E-state index is 0.0628. The molecule has 1 aromatic rings. The van der Waals surface area contributed by atoms with Gasteiger partial charge in [-0.3, -0.25) is 9.69 Å². The maximum Gasteiger partial charge on any atom is 0.236 e. The number of hydrogen-bond acceptors (Lipinski definition) is 3. The lowest BCUT2D eigenvalue weighted by Crippen LogP contribution is -2.59. The van der Waals surface area contributed by atoms with Crippen LogP contribution in [0.1, 0.15) is 43.4 Å². The van der Waals surface area contributed by atoms with E-state index in [4.69, 9.17) is 5.73 Å². The molecule has 1 aliphatic heterocycles. The first kappa shape index (κ1) is 19.8. The van der Waals surface area contributed by atoms with Crippen molar-refractivity contribution in [1.29, 1.82) is 0 Å². The Morgan fingerprint density at radius 2 is 2.00 bits per heavy atom. The van der Waals surface area contributed by atoms with Crippen molar-refractivity contribution < 1.29 is 4.79 Å². The van der Waals surface area contributed by atoms with Crippen molar-refractivity contribution in [1.82, 2.24) is 9.80 Å². The summed E-state index contributed by atoms with van der Waals surface area (Å²) < 4.78 is 0. The van der Waals surface area contributed by atoms with Crippen molar-refractivity contribution in [2.45, 2.75) is 51.6 Å². The molecule has 0 aromatic heterocycles. The van der Waals surface area contributed by atoms with Gasteiger partial charge >= 0.3 is 0 Å². The van der Waals surface area contributed by atoms with Gasteiger partial charge in [-0.25, -0.2) is 0 Å². The minimum atomic E-state index is 0.0628. The van der Waals surface area contributed by atoms with Crippen molar-refractivity contribution in [3.63, 3.8) is 0 Å². The summed E-state index contributed by atoms with van der Waals surface area (Å²) in [6, 6.07) is 7.55. The van der Waals surface area contributed by atoms with Gasteiger partial charge in [0, 0.05) is 31.7 Å². The summed E-state index contributed by atoms with van der Waals surface area (Å²) in [5.41, 5.74) is 9.76. The normalized spacial score (nSPS) is 24.6. The molecule has 0 bridgehead atoms. The average molecular weight is 368 g/mol. The zero-order chi connectivity index (χ0) is 19.2. The fourth-order valence-electron chi connectivity index (χ4n) is 4.16. The molecule has 1 amide bonds. The Kier molecular flexibility index (Phi) is 6.86. The Bertz CT molecular complexity index is 710. The number of piperazine rings is 1. The average Bonchev–Trinajstić information content (AvgIpc) is 2.79. The number of amides is 1. The molecule has 2 N–H and O–H groups in total. The van der Waals surface area contributed by atoms with Gasteiger partial charge in [-0.1, -0.05) is 42.5 Å². The zero-order valence-electron chi connectivity index (χ0n) is 16.7. The summed E-state index contributed by atoms with van der Waals surface area (Å²) in [5.74, 6) is 0.0628. The molecule has 2 atom stereocenters. The van der Waals surface area contributed by atoms with E-state index in [-0.39, 0.29) is 18.5 Å². The van der Waals surface area contributed by atoms with Crippen molar-refractivity contribution in [2.24, 2.45) is 5.73 Å². The molecular formula is C23H33N3O. The predicted octanol–water partition coefficient (Wildman–Crippen LogP) is 3.01. The molecule has 146 valence electrons. The van der Waals surface area contributed by atoms with Gasteiger partial charge in [0.2, 0.25) is 5.91 Å². The van der Waals surface area contributed by atoms with Crippen molar-refractivity contribution in [2.75, 3.05) is 26.2 Å². The minimum Gasteiger partial charge on any atom is -0.336 e. The summed E-state index contributed by atoms with van der Waals surface area (Å²) in [6.07, 6.45) is 13.4. The molecule has 1 aromatic carbocycles. The molecule has 4 nitrogen and oxygen atoms in total. The number of fused-ring (bicyclic) bond motifs is 1. The first-order chi connectivity index (χ1) is 13.1. The van der Waals surface area contributed by atoms with Crippen LogP contribution in [0.3, 0.4) is 0 Å². The van der Waals surface area contributed by atoms with Crippen LogP contribution in [0.4, 0.5) is 0 Å². The molecule has 0 spiro atoms. The van der Waals surface area contributed by atoms with Crippen LogP contribution in [0.5, 0.6) is 0 Å². The van der Waals surface area contributed by atoms with E-state index in [2.05, 4.69) is 61.3 Å². The number of hydrogen-bond donors (Lipinski definition) is 1. The van der Waals surface area contributed by atoms with Crippen LogP contribution in [0.15, 0.2) is 36.4 Å². The Morgan fingerprint density at radius 3 is 2.81 bits per heavy atom. The molecule has 3 rings (SSSR count). The first-order valence-electron chi connectivity index (χ1n) is 10.3. The van der Waals surface area contributed by atoms with Crippen molar-refractivity contribution >= 4 is 12.0 Å². The van der Waals surface area contributed by atoms with Crippen molar-refractivity contribution in [3.8, 4) is 0 Å². The molecule has 27 heavy (non-hydrogen) atoms. The number of benzene rings is 1. The number of allylic oxidation sites excluding steroid dienone is 3. The lowest BCUT2D eigenvalue weighted by atomic mass is 9.98. The molecule has 4 heteroatoms. The van der Waals surface area contributed by atoms with E-state index in [0.29, 0.717) is 6.04 Å². The molecule has 0 saturated carbocycles. The number of carbonyl (C=O) groups is 1. The summed E-state index contributed by atoms with van der Waals surface area (Å²) in [6.45, 7) is 7.16. The van der Waals surface area contributed by atoms with Gasteiger partial charge in [0.1, 0.15) is 0 Å². The molecule has 1 saturated heterocycles. The van der Waals surface area contributed by atoms with Gasteiger partial charge in [-0.2, -0.15) is 0 Å². The number of aryl methyl sites for hydroxylation is 1. The highest BCUT2D eigenvalue weighted by Crippen LogP contribution is 2.20. The summed E-state index contributed by atoms with van der Waals surface area (Å²) in [7, 11) is 0. The Balaban J connectivity index is 1.62. The largest absolute Gasteiger partial charge is 0.336 e. The van der Waals surface area contributed by atoms with E-state index in [0.717, 1.165) is 45.3 Å². The van der Waals surface area contributed by atoms with Gasteiger partial charge in [0.15, 0.2) is 0 Å². The second-order valence-corrected chi connectivity index (χ2v) is 7.87. The zero-order valence-corrected chi connectivity index (χ0v) is 16.7. The van der Waals surface area contributed by atoms with Gasteiger partial charge in [-0.15, -0.1) is 0 Å². The van der Waals surface area contributed by atoms with Crippen LogP contribution < -0.4 is 5.73 Å². The first-order valence-corrected chi connectivity index (χ1v) is 10.3. The molecule has 0 radical (unpaired) electrons. The van der Waals surface area contributed by atoms with Crippen LogP contribution in [-0.2, 0) is 17.6 Å². The predicted molar refractivity (Wildman–Crippen MR) is 113 cm³/mol. The highest BCUT2D eigenvalue weighted by atomic mass is 16.2. The Labute approximate surface area is 163 Å². The topological polar surface area (TPSA) is 49.6 Å². The van der Waals surface area contributed by atoms with E-state index in [1.165, 1.54) is 16.7 Å².